The molecule has 1 aromatic heterocycles. The lowest BCUT2D eigenvalue weighted by atomic mass is 10.1. The van der Waals surface area contributed by atoms with Crippen molar-refractivity contribution in [3.8, 4) is 16.3 Å². The number of benzene rings is 2. The number of ether oxygens (including phenoxy) is 1. The van der Waals surface area contributed by atoms with Crippen molar-refractivity contribution in [3.63, 3.8) is 0 Å². The molecule has 0 radical (unpaired) electrons. The highest BCUT2D eigenvalue weighted by atomic mass is 35.5. The van der Waals surface area contributed by atoms with Crippen molar-refractivity contribution in [1.82, 2.24) is 10.2 Å². The van der Waals surface area contributed by atoms with E-state index in [1.807, 2.05) is 50.2 Å². The van der Waals surface area contributed by atoms with Crippen LogP contribution >= 0.6 is 22.9 Å². The van der Waals surface area contributed by atoms with E-state index in [0.29, 0.717) is 12.3 Å². The molecule has 0 aliphatic heterocycles. The second kappa shape index (κ2) is 11.6. The smallest absolute Gasteiger partial charge is 0.208 e. The van der Waals surface area contributed by atoms with E-state index in [1.54, 1.807) is 11.3 Å². The number of hydrogen-bond acceptors (Lipinski definition) is 7. The van der Waals surface area contributed by atoms with E-state index in [1.165, 1.54) is 0 Å². The molecule has 0 saturated heterocycles. The van der Waals surface area contributed by atoms with Crippen LogP contribution in [0.4, 0.5) is 5.13 Å². The SMILES string of the molecule is CCCCN(Cc1ccccc1Cl)c1nnc(-c2cc(C)c(OC[C@H](O)CO)c(C)c2)s1. The van der Waals surface area contributed by atoms with Crippen molar-refractivity contribution in [2.24, 2.45) is 0 Å². The zero-order valence-electron chi connectivity index (χ0n) is 18.7. The van der Waals surface area contributed by atoms with Gasteiger partial charge in [-0.1, -0.05) is 54.5 Å². The Hall–Kier alpha value is -2.19. The summed E-state index contributed by atoms with van der Waals surface area (Å²) in [4.78, 5) is 2.24. The largest absolute Gasteiger partial charge is 0.490 e. The van der Waals surface area contributed by atoms with Crippen LogP contribution in [0.2, 0.25) is 5.02 Å². The van der Waals surface area contributed by atoms with Crippen LogP contribution in [0.5, 0.6) is 5.75 Å². The molecular weight excluding hydrogens is 446 g/mol. The maximum atomic E-state index is 9.57. The topological polar surface area (TPSA) is 78.7 Å². The van der Waals surface area contributed by atoms with Gasteiger partial charge in [-0.15, -0.1) is 10.2 Å². The summed E-state index contributed by atoms with van der Waals surface area (Å²) in [5.41, 5.74) is 3.94. The fourth-order valence-corrected chi connectivity index (χ4v) is 4.47. The highest BCUT2D eigenvalue weighted by Gasteiger charge is 2.17. The summed E-state index contributed by atoms with van der Waals surface area (Å²) in [6.07, 6.45) is 1.25. The first-order chi connectivity index (χ1) is 15.4. The normalized spacial score (nSPS) is 12.1. The molecule has 32 heavy (non-hydrogen) atoms. The molecule has 6 nitrogen and oxygen atoms in total. The number of rotatable bonds is 11. The second-order valence-electron chi connectivity index (χ2n) is 7.84. The molecule has 3 rings (SSSR count). The lowest BCUT2D eigenvalue weighted by molar-refractivity contribution is 0.0532. The summed E-state index contributed by atoms with van der Waals surface area (Å²) in [7, 11) is 0. The lowest BCUT2D eigenvalue weighted by Crippen LogP contribution is -2.23. The Bertz CT molecular complexity index is 1000. The van der Waals surface area contributed by atoms with Crippen molar-refractivity contribution in [3.05, 3.63) is 58.1 Å². The average molecular weight is 476 g/mol. The standard InChI is InChI=1S/C24H30ClN3O3S/c1-4-5-10-28(13-18-8-6-7-9-21(18)25)24-27-26-23(32-24)19-11-16(2)22(17(3)12-19)31-15-20(30)14-29/h6-9,11-12,20,29-30H,4-5,10,13-15H2,1-3H3/t20-/m1/s1. The quantitative estimate of drug-likeness (QED) is 0.405. The Morgan fingerprint density at radius 2 is 1.88 bits per heavy atom. The van der Waals surface area contributed by atoms with Gasteiger partial charge in [0, 0.05) is 23.7 Å². The third kappa shape index (κ3) is 6.19. The van der Waals surface area contributed by atoms with Crippen molar-refractivity contribution in [2.45, 2.75) is 46.3 Å². The highest BCUT2D eigenvalue weighted by molar-refractivity contribution is 7.18. The molecule has 0 aliphatic carbocycles. The maximum Gasteiger partial charge on any atom is 0.208 e. The van der Waals surface area contributed by atoms with E-state index in [4.69, 9.17) is 21.4 Å². The average Bonchev–Trinajstić information content (AvgIpc) is 3.27. The van der Waals surface area contributed by atoms with Gasteiger partial charge in [0.2, 0.25) is 5.13 Å². The van der Waals surface area contributed by atoms with Gasteiger partial charge in [-0.25, -0.2) is 0 Å². The van der Waals surface area contributed by atoms with Crippen molar-refractivity contribution in [1.29, 1.82) is 0 Å². The van der Waals surface area contributed by atoms with E-state index in [-0.39, 0.29) is 13.2 Å². The van der Waals surface area contributed by atoms with E-state index in [9.17, 15) is 5.11 Å². The third-order valence-electron chi connectivity index (χ3n) is 5.12. The molecule has 2 N–H and O–H groups in total. The number of aliphatic hydroxyl groups is 2. The van der Waals surface area contributed by atoms with Gasteiger partial charge in [0.1, 0.15) is 23.5 Å². The zero-order valence-corrected chi connectivity index (χ0v) is 20.3. The van der Waals surface area contributed by atoms with Crippen LogP contribution in [-0.4, -0.2) is 46.3 Å². The molecule has 172 valence electrons. The Morgan fingerprint density at radius 3 is 2.53 bits per heavy atom. The van der Waals surface area contributed by atoms with Gasteiger partial charge in [-0.05, 0) is 55.2 Å². The molecule has 0 spiro atoms. The number of aliphatic hydroxyl groups excluding tert-OH is 2. The summed E-state index contributed by atoms with van der Waals surface area (Å²) >= 11 is 7.96. The fraction of sp³-hybridized carbons (Fsp3) is 0.417. The van der Waals surface area contributed by atoms with Crippen LogP contribution in [-0.2, 0) is 6.54 Å². The third-order valence-corrected chi connectivity index (χ3v) is 6.53. The van der Waals surface area contributed by atoms with Crippen LogP contribution < -0.4 is 9.64 Å². The summed E-state index contributed by atoms with van der Waals surface area (Å²) < 4.78 is 5.71. The molecule has 2 aromatic carbocycles. The van der Waals surface area contributed by atoms with E-state index < -0.39 is 6.10 Å². The minimum atomic E-state index is -0.897. The number of halogens is 1. The summed E-state index contributed by atoms with van der Waals surface area (Å²) in [5, 5.41) is 30.0. The highest BCUT2D eigenvalue weighted by Crippen LogP contribution is 2.34. The number of aromatic nitrogens is 2. The first kappa shape index (κ1) is 24.5. The monoisotopic (exact) mass is 475 g/mol. The fourth-order valence-electron chi connectivity index (χ4n) is 3.42. The van der Waals surface area contributed by atoms with Crippen molar-refractivity contribution < 1.29 is 14.9 Å². The van der Waals surface area contributed by atoms with Gasteiger partial charge in [0.05, 0.1) is 6.61 Å². The summed E-state index contributed by atoms with van der Waals surface area (Å²) in [6, 6.07) is 11.9. The second-order valence-corrected chi connectivity index (χ2v) is 9.21. The number of anilines is 1. The molecule has 8 heteroatoms. The first-order valence-corrected chi connectivity index (χ1v) is 12.0. The minimum Gasteiger partial charge on any atom is -0.490 e. The maximum absolute atomic E-state index is 9.57. The Labute approximate surface area is 198 Å². The van der Waals surface area contributed by atoms with Gasteiger partial charge < -0.3 is 19.8 Å². The van der Waals surface area contributed by atoms with E-state index >= 15 is 0 Å². The molecule has 0 saturated carbocycles. The van der Waals surface area contributed by atoms with Crippen LogP contribution in [0.25, 0.3) is 10.6 Å². The molecule has 0 unspecified atom stereocenters. The Balaban J connectivity index is 1.82. The van der Waals surface area contributed by atoms with Gasteiger partial charge >= 0.3 is 0 Å². The lowest BCUT2D eigenvalue weighted by Gasteiger charge is -2.21. The molecule has 0 aliphatic rings. The van der Waals surface area contributed by atoms with Crippen LogP contribution in [0.15, 0.2) is 36.4 Å². The van der Waals surface area contributed by atoms with Crippen LogP contribution in [0.1, 0.15) is 36.5 Å². The predicted octanol–water partition coefficient (Wildman–Crippen LogP) is 5.01. The predicted molar refractivity (Wildman–Crippen MR) is 131 cm³/mol. The molecular formula is C24H30ClN3O3S. The molecule has 1 atom stereocenters. The van der Waals surface area contributed by atoms with E-state index in [0.717, 1.165) is 56.8 Å². The molecule has 3 aromatic rings. The minimum absolute atomic E-state index is 0.0505. The molecule has 0 fully saturated rings. The van der Waals surface area contributed by atoms with Crippen LogP contribution in [0, 0.1) is 13.8 Å². The number of aryl methyl sites for hydroxylation is 2. The molecule has 1 heterocycles. The van der Waals surface area contributed by atoms with Gasteiger partial charge in [0.15, 0.2) is 0 Å². The Morgan fingerprint density at radius 1 is 1.16 bits per heavy atom. The van der Waals surface area contributed by atoms with Gasteiger partial charge in [-0.3, -0.25) is 0 Å². The van der Waals surface area contributed by atoms with Gasteiger partial charge in [-0.2, -0.15) is 0 Å². The molecule has 0 bridgehead atoms. The van der Waals surface area contributed by atoms with Gasteiger partial charge in [0.25, 0.3) is 0 Å². The van der Waals surface area contributed by atoms with Crippen molar-refractivity contribution in [2.75, 3.05) is 24.7 Å². The first-order valence-electron chi connectivity index (χ1n) is 10.8. The zero-order chi connectivity index (χ0) is 23.1. The summed E-state index contributed by atoms with van der Waals surface area (Å²) in [6.45, 7) is 7.39. The Kier molecular flexibility index (Phi) is 8.87. The van der Waals surface area contributed by atoms with E-state index in [2.05, 4.69) is 22.0 Å². The number of hydrogen-bond donors (Lipinski definition) is 2. The summed E-state index contributed by atoms with van der Waals surface area (Å²) in [5.74, 6) is 0.717. The number of unbranched alkanes of at least 4 members (excludes halogenated alkanes) is 1. The molecule has 0 amide bonds. The number of nitrogens with zero attached hydrogens (tertiary/aromatic N) is 3. The van der Waals surface area contributed by atoms with Crippen LogP contribution in [0.3, 0.4) is 0 Å². The van der Waals surface area contributed by atoms with Crippen molar-refractivity contribution >= 4 is 28.1 Å².